The number of hydrogen-bond donors (Lipinski definition) is 2. The van der Waals surface area contributed by atoms with Gasteiger partial charge in [0.2, 0.25) is 0 Å². The van der Waals surface area contributed by atoms with Gasteiger partial charge in [-0.1, -0.05) is 0 Å². The van der Waals surface area contributed by atoms with Crippen LogP contribution in [0.5, 0.6) is 0 Å². The summed E-state index contributed by atoms with van der Waals surface area (Å²) < 4.78 is 0. The molecule has 0 saturated carbocycles. The van der Waals surface area contributed by atoms with Crippen molar-refractivity contribution in [2.45, 2.75) is 6.55 Å². The van der Waals surface area contributed by atoms with E-state index < -0.39 is 8.80 Å². The fourth-order valence-corrected chi connectivity index (χ4v) is 0. The van der Waals surface area contributed by atoms with Gasteiger partial charge in [0.1, 0.15) is 0 Å². The van der Waals surface area contributed by atoms with Crippen molar-refractivity contribution in [3.05, 3.63) is 0 Å². The molecule has 0 heterocycles. The number of rotatable bonds is 0. The van der Waals surface area contributed by atoms with Crippen LogP contribution in [0, 0.1) is 0 Å². The first-order chi connectivity index (χ1) is 2.00. The topological polar surface area (TPSA) is 60.4 Å². The lowest BCUT2D eigenvalue weighted by molar-refractivity contribution is 0.192. The van der Waals surface area contributed by atoms with Gasteiger partial charge >= 0.3 is 8.80 Å². The first-order valence-electron chi connectivity index (χ1n) is 1.15. The van der Waals surface area contributed by atoms with Crippen molar-refractivity contribution in [2.75, 3.05) is 0 Å². The van der Waals surface area contributed by atoms with Crippen molar-refractivity contribution in [1.29, 1.82) is 0 Å². The summed E-state index contributed by atoms with van der Waals surface area (Å²) >= 11 is 0. The Morgan fingerprint density at radius 3 is 1.60 bits per heavy atom. The van der Waals surface area contributed by atoms with Crippen molar-refractivity contribution in [3.8, 4) is 0 Å². The average Bonchev–Trinajstić information content (AvgIpc) is 0.722. The zero-order valence-electron chi connectivity index (χ0n) is 2.80. The van der Waals surface area contributed by atoms with E-state index in [1.165, 1.54) is 0 Å². The van der Waals surface area contributed by atoms with Crippen LogP contribution in [0.1, 0.15) is 0 Å². The van der Waals surface area contributed by atoms with Gasteiger partial charge < -0.3 is 9.59 Å². The molecule has 0 aliphatic carbocycles. The molecule has 0 aromatic carbocycles. The first-order valence-corrected chi connectivity index (χ1v) is 3.45. The quantitative estimate of drug-likeness (QED) is 0.376. The Kier molecular flexibility index (Phi) is 1.08. The van der Waals surface area contributed by atoms with Gasteiger partial charge in [0, 0.05) is 6.55 Å². The van der Waals surface area contributed by atoms with E-state index in [4.69, 9.17) is 9.59 Å². The van der Waals surface area contributed by atoms with Gasteiger partial charge in [0.25, 0.3) is 0 Å². The molecule has 0 atom stereocenters. The minimum atomic E-state index is -3.86. The highest BCUT2D eigenvalue weighted by atomic mass is 28.4. The molecule has 0 spiro atoms. The van der Waals surface area contributed by atoms with Gasteiger partial charge in [-0.2, -0.15) is 0 Å². The SMILES string of the molecule is C[Si]([O])(O)O. The van der Waals surface area contributed by atoms with Crippen LogP contribution < -0.4 is 0 Å². The maximum atomic E-state index is 9.35. The predicted octanol–water partition coefficient (Wildman–Crippen LogP) is -1.03. The molecule has 2 N–H and O–H groups in total. The fourth-order valence-electron chi connectivity index (χ4n) is 0. The molecule has 0 aliphatic rings. The van der Waals surface area contributed by atoms with Gasteiger partial charge in [0.15, 0.2) is 0 Å². The molecule has 0 saturated heterocycles. The van der Waals surface area contributed by atoms with Crippen LogP contribution in [0.2, 0.25) is 6.55 Å². The third-order valence-corrected chi connectivity index (χ3v) is 0. The van der Waals surface area contributed by atoms with Crippen molar-refractivity contribution < 1.29 is 14.4 Å². The molecule has 1 radical (unpaired) electrons. The lowest BCUT2D eigenvalue weighted by atomic mass is 11.9. The monoisotopic (exact) mass is 93.0 g/mol. The van der Waals surface area contributed by atoms with Crippen LogP contribution in [-0.4, -0.2) is 18.4 Å². The Hall–Kier alpha value is 0.0969. The molecule has 0 aromatic heterocycles. The highest BCUT2D eigenvalue weighted by Crippen LogP contribution is 1.77. The largest absolute Gasteiger partial charge is 0.520 e. The van der Waals surface area contributed by atoms with Crippen LogP contribution in [0.3, 0.4) is 0 Å². The van der Waals surface area contributed by atoms with Crippen LogP contribution in [-0.2, 0) is 4.80 Å². The second-order valence-electron chi connectivity index (χ2n) is 0.934. The molecular formula is CH5O3Si. The summed E-state index contributed by atoms with van der Waals surface area (Å²) in [6.45, 7) is 0.882. The van der Waals surface area contributed by atoms with E-state index in [1.54, 1.807) is 0 Å². The van der Waals surface area contributed by atoms with Crippen LogP contribution >= 0.6 is 0 Å². The maximum absolute atomic E-state index is 9.35. The van der Waals surface area contributed by atoms with Crippen LogP contribution in [0.25, 0.3) is 0 Å². The minimum Gasteiger partial charge on any atom is -0.389 e. The van der Waals surface area contributed by atoms with E-state index in [-0.39, 0.29) is 0 Å². The molecule has 4 heteroatoms. The molecule has 0 unspecified atom stereocenters. The third kappa shape index (κ3) is 1920. The number of hydrogen-bond acceptors (Lipinski definition) is 2. The predicted molar refractivity (Wildman–Crippen MR) is 16.7 cm³/mol. The van der Waals surface area contributed by atoms with E-state index in [1.807, 2.05) is 0 Å². The first kappa shape index (κ1) is 5.10. The molecule has 0 aliphatic heterocycles. The van der Waals surface area contributed by atoms with E-state index in [0.29, 0.717) is 0 Å². The second kappa shape index (κ2) is 1.06. The Labute approximate surface area is 30.9 Å². The smallest absolute Gasteiger partial charge is 0.389 e. The molecule has 0 aromatic rings. The highest BCUT2D eigenvalue weighted by Gasteiger charge is 2.18. The third-order valence-electron chi connectivity index (χ3n) is 0. The van der Waals surface area contributed by atoms with Crippen molar-refractivity contribution >= 4 is 8.80 Å². The van der Waals surface area contributed by atoms with Crippen molar-refractivity contribution in [1.82, 2.24) is 0 Å². The van der Waals surface area contributed by atoms with Gasteiger partial charge in [-0.05, 0) is 0 Å². The van der Waals surface area contributed by atoms with E-state index in [2.05, 4.69) is 0 Å². The summed E-state index contributed by atoms with van der Waals surface area (Å²) in [5, 5.41) is 0. The van der Waals surface area contributed by atoms with Gasteiger partial charge in [-0.25, -0.2) is 4.80 Å². The Bertz CT molecular complexity index is 22.4. The zero-order valence-corrected chi connectivity index (χ0v) is 3.80. The summed E-state index contributed by atoms with van der Waals surface area (Å²) in [6.07, 6.45) is 0. The van der Waals surface area contributed by atoms with Crippen molar-refractivity contribution in [2.24, 2.45) is 0 Å². The zero-order chi connectivity index (χ0) is 4.50. The lowest BCUT2D eigenvalue weighted by Gasteiger charge is -1.91. The Morgan fingerprint density at radius 1 is 1.60 bits per heavy atom. The maximum Gasteiger partial charge on any atom is 0.520 e. The summed E-state index contributed by atoms with van der Waals surface area (Å²) in [6, 6.07) is 0. The fraction of sp³-hybridized carbons (Fsp3) is 1.00. The van der Waals surface area contributed by atoms with Crippen molar-refractivity contribution in [3.63, 3.8) is 0 Å². The average molecular weight is 93.1 g/mol. The van der Waals surface area contributed by atoms with Gasteiger partial charge in [-0.15, -0.1) is 0 Å². The van der Waals surface area contributed by atoms with Gasteiger partial charge in [-0.3, -0.25) is 0 Å². The minimum absolute atomic E-state index is 0.882. The Balaban J connectivity index is 3.02. The highest BCUT2D eigenvalue weighted by molar-refractivity contribution is 6.54. The summed E-state index contributed by atoms with van der Waals surface area (Å²) in [5.74, 6) is 0. The normalized spacial score (nSPS) is 12.0. The van der Waals surface area contributed by atoms with E-state index in [0.717, 1.165) is 6.55 Å². The molecule has 5 heavy (non-hydrogen) atoms. The summed E-state index contributed by atoms with van der Waals surface area (Å²) in [5.41, 5.74) is 0. The molecular weight excluding hydrogens is 88.1 g/mol. The Morgan fingerprint density at radius 2 is 1.60 bits per heavy atom. The molecule has 0 amide bonds. The molecule has 0 bridgehead atoms. The lowest BCUT2D eigenvalue weighted by Crippen LogP contribution is -2.26. The second-order valence-corrected chi connectivity index (χ2v) is 2.80. The molecule has 3 nitrogen and oxygen atoms in total. The van der Waals surface area contributed by atoms with Gasteiger partial charge in [0.05, 0.1) is 0 Å². The standard InChI is InChI=1S/CH5O3Si/c1-5(2,3)4/h2-3H,1H3. The molecule has 0 fully saturated rings. The van der Waals surface area contributed by atoms with Crippen LogP contribution in [0.4, 0.5) is 0 Å². The molecule has 31 valence electrons. The summed E-state index contributed by atoms with van der Waals surface area (Å²) in [4.78, 5) is 24.7. The van der Waals surface area contributed by atoms with E-state index in [9.17, 15) is 4.80 Å². The summed E-state index contributed by atoms with van der Waals surface area (Å²) in [7, 11) is -3.86. The van der Waals surface area contributed by atoms with E-state index >= 15 is 0 Å². The van der Waals surface area contributed by atoms with Crippen LogP contribution in [0.15, 0.2) is 0 Å². The molecule has 0 rings (SSSR count).